The first-order valence-electron chi connectivity index (χ1n) is 12.8. The molecule has 0 radical (unpaired) electrons. The molecule has 2 saturated heterocycles. The highest BCUT2D eigenvalue weighted by Gasteiger charge is 2.46. The maximum atomic E-state index is 13.4. The molecule has 1 N–H and O–H groups in total. The molecule has 2 heterocycles. The van der Waals surface area contributed by atoms with E-state index in [2.05, 4.69) is 4.90 Å². The minimum Gasteiger partial charge on any atom is -0.507 e. The average Bonchev–Trinajstić information content (AvgIpc) is 3.22. The molecule has 0 saturated carbocycles. The second kappa shape index (κ2) is 11.2. The Kier molecular flexibility index (Phi) is 7.58. The van der Waals surface area contributed by atoms with Gasteiger partial charge in [-0.3, -0.25) is 24.6 Å². The zero-order chi connectivity index (χ0) is 27.5. The van der Waals surface area contributed by atoms with Crippen molar-refractivity contribution in [2.75, 3.05) is 46.5 Å². The Balaban J connectivity index is 1.54. The quantitative estimate of drug-likeness (QED) is 0.153. The second-order valence-corrected chi connectivity index (χ2v) is 9.58. The third kappa shape index (κ3) is 5.34. The predicted octanol–water partition coefficient (Wildman–Crippen LogP) is 3.90. The summed E-state index contributed by atoms with van der Waals surface area (Å²) in [7, 11) is 1.58. The molecule has 2 aliphatic heterocycles. The first kappa shape index (κ1) is 26.3. The van der Waals surface area contributed by atoms with Gasteiger partial charge in [0.1, 0.15) is 11.5 Å². The third-order valence-corrected chi connectivity index (χ3v) is 7.23. The predicted molar refractivity (Wildman–Crippen MR) is 144 cm³/mol. The van der Waals surface area contributed by atoms with Crippen LogP contribution in [-0.4, -0.2) is 78.0 Å². The van der Waals surface area contributed by atoms with Crippen LogP contribution < -0.4 is 4.74 Å². The van der Waals surface area contributed by atoms with Gasteiger partial charge in [0.05, 0.1) is 36.9 Å². The molecule has 2 aliphatic rings. The smallest absolute Gasteiger partial charge is 0.295 e. The summed E-state index contributed by atoms with van der Waals surface area (Å²) in [6, 6.07) is 15.6. The van der Waals surface area contributed by atoms with E-state index < -0.39 is 22.7 Å². The van der Waals surface area contributed by atoms with Crippen molar-refractivity contribution >= 4 is 33.9 Å². The molecule has 3 aromatic rings. The summed E-state index contributed by atoms with van der Waals surface area (Å²) < 4.78 is 10.7. The number of nitro benzene ring substituents is 1. The molecule has 3 aromatic carbocycles. The number of hydrogen-bond acceptors (Lipinski definition) is 8. The summed E-state index contributed by atoms with van der Waals surface area (Å²) in [5, 5.41) is 24.6. The first-order chi connectivity index (χ1) is 18.9. The van der Waals surface area contributed by atoms with E-state index in [-0.39, 0.29) is 23.6 Å². The minimum absolute atomic E-state index is 0.0836. The van der Waals surface area contributed by atoms with E-state index in [4.69, 9.17) is 9.47 Å². The summed E-state index contributed by atoms with van der Waals surface area (Å²) in [6.45, 7) is 3.85. The van der Waals surface area contributed by atoms with E-state index in [1.165, 1.54) is 23.1 Å². The van der Waals surface area contributed by atoms with Crippen LogP contribution in [0.1, 0.15) is 23.6 Å². The van der Waals surface area contributed by atoms with Gasteiger partial charge in [0, 0.05) is 43.9 Å². The molecule has 0 spiro atoms. The van der Waals surface area contributed by atoms with Crippen molar-refractivity contribution < 1.29 is 29.1 Å². The summed E-state index contributed by atoms with van der Waals surface area (Å²) in [5.41, 5.74) is 0.516. The summed E-state index contributed by atoms with van der Waals surface area (Å²) in [5.74, 6) is -1.18. The number of hydrogen-bond donors (Lipinski definition) is 1. The van der Waals surface area contributed by atoms with E-state index in [0.29, 0.717) is 43.1 Å². The minimum atomic E-state index is -0.957. The summed E-state index contributed by atoms with van der Waals surface area (Å²) in [6.07, 6.45) is 0.594. The number of Topliss-reactive ketones (excluding diaryl/α,β-unsaturated/α-hetero) is 1. The lowest BCUT2D eigenvalue weighted by Gasteiger charge is -2.29. The number of benzene rings is 3. The van der Waals surface area contributed by atoms with E-state index >= 15 is 0 Å². The van der Waals surface area contributed by atoms with Crippen LogP contribution in [0.4, 0.5) is 5.69 Å². The van der Waals surface area contributed by atoms with E-state index in [0.717, 1.165) is 23.9 Å². The van der Waals surface area contributed by atoms with Crippen molar-refractivity contribution in [1.29, 1.82) is 0 Å². The van der Waals surface area contributed by atoms with Crippen LogP contribution in [-0.2, 0) is 14.3 Å². The second-order valence-electron chi connectivity index (χ2n) is 9.58. The van der Waals surface area contributed by atoms with Crippen LogP contribution in [0.3, 0.4) is 0 Å². The largest absolute Gasteiger partial charge is 0.507 e. The Labute approximate surface area is 225 Å². The number of amides is 1. The van der Waals surface area contributed by atoms with Gasteiger partial charge in [0.25, 0.3) is 17.4 Å². The monoisotopic (exact) mass is 531 g/mol. The molecule has 0 aliphatic carbocycles. The lowest BCUT2D eigenvalue weighted by molar-refractivity contribution is -0.384. The highest BCUT2D eigenvalue weighted by atomic mass is 16.6. The van der Waals surface area contributed by atoms with Crippen molar-refractivity contribution in [2.24, 2.45) is 0 Å². The molecule has 202 valence electrons. The number of aliphatic hydroxyl groups excluding tert-OH is 1. The van der Waals surface area contributed by atoms with Crippen LogP contribution >= 0.6 is 0 Å². The van der Waals surface area contributed by atoms with Crippen molar-refractivity contribution in [3.8, 4) is 5.75 Å². The SMILES string of the molecule is COc1ccc2cc(/C(O)=C3\C(=O)C(=O)N(CCCN4CCOCC4)C3c3cccc([N+](=O)[O-])c3)ccc2c1. The maximum Gasteiger partial charge on any atom is 0.295 e. The highest BCUT2D eigenvalue weighted by Crippen LogP contribution is 2.40. The molecular formula is C29H29N3O7. The number of nitrogens with zero attached hydrogens (tertiary/aromatic N) is 3. The molecule has 2 fully saturated rings. The van der Waals surface area contributed by atoms with Gasteiger partial charge in [-0.2, -0.15) is 0 Å². The molecular weight excluding hydrogens is 502 g/mol. The summed E-state index contributed by atoms with van der Waals surface area (Å²) >= 11 is 0. The van der Waals surface area contributed by atoms with E-state index in [1.807, 2.05) is 12.1 Å². The highest BCUT2D eigenvalue weighted by molar-refractivity contribution is 6.46. The molecule has 10 heteroatoms. The number of ketones is 1. The summed E-state index contributed by atoms with van der Waals surface area (Å²) in [4.78, 5) is 41.3. The zero-order valence-corrected chi connectivity index (χ0v) is 21.5. The number of non-ortho nitro benzene ring substituents is 1. The Morgan fingerprint density at radius 2 is 1.79 bits per heavy atom. The molecule has 0 bridgehead atoms. The van der Waals surface area contributed by atoms with Gasteiger partial charge in [-0.25, -0.2) is 0 Å². The molecule has 1 atom stereocenters. The molecule has 1 unspecified atom stereocenters. The number of ether oxygens (including phenoxy) is 2. The molecule has 0 aromatic heterocycles. The fourth-order valence-electron chi connectivity index (χ4n) is 5.21. The zero-order valence-electron chi connectivity index (χ0n) is 21.5. The maximum absolute atomic E-state index is 13.4. The van der Waals surface area contributed by atoms with Crippen LogP contribution in [0.15, 0.2) is 66.2 Å². The Bertz CT molecular complexity index is 1460. The van der Waals surface area contributed by atoms with Gasteiger partial charge in [-0.15, -0.1) is 0 Å². The number of fused-ring (bicyclic) bond motifs is 1. The van der Waals surface area contributed by atoms with Crippen LogP contribution in [0, 0.1) is 10.1 Å². The van der Waals surface area contributed by atoms with Crippen molar-refractivity contribution in [1.82, 2.24) is 9.80 Å². The number of aliphatic hydroxyl groups is 1. The van der Waals surface area contributed by atoms with Gasteiger partial charge in [0.15, 0.2) is 0 Å². The van der Waals surface area contributed by atoms with Gasteiger partial charge < -0.3 is 19.5 Å². The normalized spacial score (nSPS) is 19.5. The van der Waals surface area contributed by atoms with Crippen molar-refractivity contribution in [2.45, 2.75) is 12.5 Å². The molecule has 10 nitrogen and oxygen atoms in total. The molecule has 1 amide bonds. The van der Waals surface area contributed by atoms with Crippen molar-refractivity contribution in [3.05, 3.63) is 87.5 Å². The van der Waals surface area contributed by atoms with Gasteiger partial charge in [0.2, 0.25) is 0 Å². The molecule has 39 heavy (non-hydrogen) atoms. The number of carbonyl (C=O) groups excluding carboxylic acids is 2. The fourth-order valence-corrected chi connectivity index (χ4v) is 5.21. The number of morpholine rings is 1. The number of likely N-dealkylation sites (tertiary alicyclic amines) is 1. The molecule has 5 rings (SSSR count). The third-order valence-electron chi connectivity index (χ3n) is 7.23. The number of rotatable bonds is 8. The van der Waals surface area contributed by atoms with Gasteiger partial charge in [-0.05, 0) is 41.0 Å². The lowest BCUT2D eigenvalue weighted by Crippen LogP contribution is -2.39. The number of methoxy groups -OCH3 is 1. The standard InChI is InChI=1S/C29H29N3O7/c1-38-24-9-8-19-16-22(7-6-20(19)18-24)27(33)25-26(21-4-2-5-23(17-21)32(36)37)31(29(35)28(25)34)11-3-10-30-12-14-39-15-13-30/h2,4-9,16-18,26,33H,3,10-15H2,1H3/b27-25+. The van der Waals surface area contributed by atoms with Crippen LogP contribution in [0.25, 0.3) is 16.5 Å². The Morgan fingerprint density at radius 1 is 1.05 bits per heavy atom. The van der Waals surface area contributed by atoms with E-state index in [9.17, 15) is 24.8 Å². The first-order valence-corrected chi connectivity index (χ1v) is 12.8. The van der Waals surface area contributed by atoms with Crippen molar-refractivity contribution in [3.63, 3.8) is 0 Å². The lowest BCUT2D eigenvalue weighted by atomic mass is 9.94. The Hall–Kier alpha value is -4.28. The van der Waals surface area contributed by atoms with E-state index in [1.54, 1.807) is 37.4 Å². The van der Waals surface area contributed by atoms with Gasteiger partial charge >= 0.3 is 0 Å². The average molecular weight is 532 g/mol. The number of nitro groups is 1. The van der Waals surface area contributed by atoms with Crippen LogP contribution in [0.5, 0.6) is 5.75 Å². The Morgan fingerprint density at radius 3 is 2.54 bits per heavy atom. The number of carbonyl (C=O) groups is 2. The van der Waals surface area contributed by atoms with Gasteiger partial charge in [-0.1, -0.05) is 30.3 Å². The fraction of sp³-hybridized carbons (Fsp3) is 0.310. The topological polar surface area (TPSA) is 122 Å². The van der Waals surface area contributed by atoms with Crippen LogP contribution in [0.2, 0.25) is 0 Å².